The zero-order valence-corrected chi connectivity index (χ0v) is 13.9. The van der Waals surface area contributed by atoms with Gasteiger partial charge in [-0.25, -0.2) is 4.79 Å². The molecule has 2 N–H and O–H groups in total. The molecule has 22 heavy (non-hydrogen) atoms. The van der Waals surface area contributed by atoms with Gasteiger partial charge in [0.2, 0.25) is 0 Å². The summed E-state index contributed by atoms with van der Waals surface area (Å²) >= 11 is 0. The van der Waals surface area contributed by atoms with Crippen LogP contribution in [0.3, 0.4) is 0 Å². The third-order valence-electron chi connectivity index (χ3n) is 5.15. The molecule has 5 nitrogen and oxygen atoms in total. The molecule has 1 heterocycles. The minimum atomic E-state index is -0.935. The van der Waals surface area contributed by atoms with E-state index in [4.69, 9.17) is 0 Å². The number of carboxylic acids is 1. The molecule has 1 aliphatic heterocycles. The van der Waals surface area contributed by atoms with Crippen molar-refractivity contribution < 1.29 is 14.7 Å². The molecule has 1 amide bonds. The Kier molecular flexibility index (Phi) is 4.73. The van der Waals surface area contributed by atoms with Crippen molar-refractivity contribution in [2.75, 3.05) is 0 Å². The monoisotopic (exact) mass is 306 g/mol. The number of aliphatic carboxylic acids is 1. The molecule has 0 aromatic rings. The predicted octanol–water partition coefficient (Wildman–Crippen LogP) is 2.91. The highest BCUT2D eigenvalue weighted by atomic mass is 16.4. The molecule has 1 atom stereocenters. The fourth-order valence-corrected chi connectivity index (χ4v) is 3.25. The van der Waals surface area contributed by atoms with E-state index in [0.717, 1.165) is 31.3 Å². The summed E-state index contributed by atoms with van der Waals surface area (Å²) in [5.41, 5.74) is 0.220. The lowest BCUT2D eigenvalue weighted by molar-refractivity contribution is -0.132. The van der Waals surface area contributed by atoms with E-state index < -0.39 is 11.5 Å². The number of carboxylic acid groups (broad SMARTS) is 1. The van der Waals surface area contributed by atoms with Gasteiger partial charge in [0.15, 0.2) is 0 Å². The normalized spacial score (nSPS) is 27.5. The number of rotatable bonds is 4. The quantitative estimate of drug-likeness (QED) is 0.784. The van der Waals surface area contributed by atoms with Crippen LogP contribution >= 0.6 is 0 Å². The van der Waals surface area contributed by atoms with Gasteiger partial charge < -0.3 is 10.4 Å². The number of nitrogens with one attached hydrogen (secondary N) is 1. The van der Waals surface area contributed by atoms with Gasteiger partial charge in [-0.1, -0.05) is 33.1 Å². The third kappa shape index (κ3) is 2.94. The molecular formula is C17H26N2O3. The van der Waals surface area contributed by atoms with Crippen LogP contribution in [0.1, 0.15) is 59.8 Å². The van der Waals surface area contributed by atoms with Crippen molar-refractivity contribution in [3.8, 4) is 0 Å². The molecule has 2 rings (SSSR count). The fourth-order valence-electron chi connectivity index (χ4n) is 3.25. The minimum Gasteiger partial charge on any atom is -0.478 e. The number of amidine groups is 1. The number of carbonyl (C=O) groups excluding carboxylic acids is 1. The maximum absolute atomic E-state index is 12.3. The lowest BCUT2D eigenvalue weighted by Crippen LogP contribution is -2.41. The molecule has 0 saturated heterocycles. The van der Waals surface area contributed by atoms with Crippen LogP contribution in [0, 0.1) is 11.8 Å². The molecule has 0 radical (unpaired) electrons. The van der Waals surface area contributed by atoms with E-state index in [-0.39, 0.29) is 17.7 Å². The number of amides is 1. The highest BCUT2D eigenvalue weighted by molar-refractivity contribution is 6.17. The van der Waals surface area contributed by atoms with E-state index in [1.807, 2.05) is 20.8 Å². The summed E-state index contributed by atoms with van der Waals surface area (Å²) < 4.78 is 0. The number of aliphatic imine (C=N–C) groups is 1. The predicted molar refractivity (Wildman–Crippen MR) is 85.7 cm³/mol. The van der Waals surface area contributed by atoms with Crippen molar-refractivity contribution in [3.63, 3.8) is 0 Å². The van der Waals surface area contributed by atoms with E-state index in [9.17, 15) is 14.7 Å². The second-order valence-electron chi connectivity index (χ2n) is 6.90. The number of hydrogen-bond acceptors (Lipinski definition) is 3. The Morgan fingerprint density at radius 2 is 1.91 bits per heavy atom. The highest BCUT2D eigenvalue weighted by Crippen LogP contribution is 2.35. The van der Waals surface area contributed by atoms with Crippen molar-refractivity contribution in [1.82, 2.24) is 5.32 Å². The summed E-state index contributed by atoms with van der Waals surface area (Å²) in [6, 6.07) is 0. The van der Waals surface area contributed by atoms with Gasteiger partial charge >= 0.3 is 5.97 Å². The Hall–Kier alpha value is -1.65. The van der Waals surface area contributed by atoms with Gasteiger partial charge in [0.1, 0.15) is 11.4 Å². The zero-order chi connectivity index (χ0) is 16.5. The average molecular weight is 306 g/mol. The van der Waals surface area contributed by atoms with Crippen LogP contribution in [0.15, 0.2) is 16.1 Å². The summed E-state index contributed by atoms with van der Waals surface area (Å²) in [7, 11) is 0. The fraction of sp³-hybridized carbons (Fsp3) is 0.706. The third-order valence-corrected chi connectivity index (χ3v) is 5.15. The van der Waals surface area contributed by atoms with Gasteiger partial charge in [-0.2, -0.15) is 0 Å². The standard InChI is InChI=1S/C17H26N2O3/c1-10(2)17(4)16(22)18-14(19-17)13(11(3)15(20)21)12-8-6-5-7-9-12/h10,12H,5-9H2,1-4H3,(H,20,21)(H,18,19,22)/b13-11-. The summed E-state index contributed by atoms with van der Waals surface area (Å²) in [5, 5.41) is 12.3. The number of hydrogen-bond donors (Lipinski definition) is 2. The summed E-state index contributed by atoms with van der Waals surface area (Å²) in [4.78, 5) is 28.4. The summed E-state index contributed by atoms with van der Waals surface area (Å²) in [5.74, 6) is -0.353. The lowest BCUT2D eigenvalue weighted by Gasteiger charge is -2.25. The van der Waals surface area contributed by atoms with Crippen molar-refractivity contribution >= 4 is 17.7 Å². The first-order chi connectivity index (χ1) is 10.3. The van der Waals surface area contributed by atoms with Crippen LogP contribution in [0.5, 0.6) is 0 Å². The lowest BCUT2D eigenvalue weighted by atomic mass is 9.81. The van der Waals surface area contributed by atoms with Gasteiger partial charge in [0, 0.05) is 11.1 Å². The van der Waals surface area contributed by atoms with Crippen molar-refractivity contribution in [1.29, 1.82) is 0 Å². The molecule has 2 aliphatic rings. The average Bonchev–Trinajstić information content (AvgIpc) is 2.77. The summed E-state index contributed by atoms with van der Waals surface area (Å²) in [6.07, 6.45) is 5.33. The zero-order valence-electron chi connectivity index (χ0n) is 13.9. The molecule has 1 saturated carbocycles. The van der Waals surface area contributed by atoms with E-state index in [1.165, 1.54) is 6.42 Å². The van der Waals surface area contributed by atoms with Crippen LogP contribution in [0.25, 0.3) is 0 Å². The maximum atomic E-state index is 12.3. The first-order valence-electron chi connectivity index (χ1n) is 8.13. The minimum absolute atomic E-state index is 0.0581. The van der Waals surface area contributed by atoms with Crippen LogP contribution in [-0.2, 0) is 9.59 Å². The Balaban J connectivity index is 2.45. The molecule has 1 fully saturated rings. The van der Waals surface area contributed by atoms with Crippen molar-refractivity contribution in [2.45, 2.75) is 65.3 Å². The highest BCUT2D eigenvalue weighted by Gasteiger charge is 2.43. The molecule has 0 spiro atoms. The van der Waals surface area contributed by atoms with Gasteiger partial charge in [-0.15, -0.1) is 0 Å². The molecule has 0 aromatic heterocycles. The smallest absolute Gasteiger partial charge is 0.331 e. The molecule has 0 bridgehead atoms. The van der Waals surface area contributed by atoms with Gasteiger partial charge in [0.25, 0.3) is 5.91 Å². The number of carbonyl (C=O) groups is 2. The van der Waals surface area contributed by atoms with E-state index >= 15 is 0 Å². The van der Waals surface area contributed by atoms with Gasteiger partial charge in [0.05, 0.1) is 0 Å². The van der Waals surface area contributed by atoms with Crippen molar-refractivity contribution in [3.05, 3.63) is 11.1 Å². The second kappa shape index (κ2) is 6.23. The van der Waals surface area contributed by atoms with E-state index in [0.29, 0.717) is 11.4 Å². The topological polar surface area (TPSA) is 78.8 Å². The molecule has 1 aliphatic carbocycles. The first-order valence-corrected chi connectivity index (χ1v) is 8.13. The van der Waals surface area contributed by atoms with Crippen LogP contribution in [-0.4, -0.2) is 28.4 Å². The molecular weight excluding hydrogens is 280 g/mol. The van der Waals surface area contributed by atoms with Gasteiger partial charge in [-0.05, 0) is 38.5 Å². The van der Waals surface area contributed by atoms with Crippen molar-refractivity contribution in [2.24, 2.45) is 16.8 Å². The maximum Gasteiger partial charge on any atom is 0.331 e. The Morgan fingerprint density at radius 1 is 1.32 bits per heavy atom. The largest absolute Gasteiger partial charge is 0.478 e. The van der Waals surface area contributed by atoms with E-state index in [1.54, 1.807) is 6.92 Å². The SMILES string of the molecule is C/C(C(=O)O)=C(/C1=NC(C)(C(C)C)C(=O)N1)C1CCCCC1. The Bertz CT molecular complexity index is 542. The molecule has 1 unspecified atom stereocenters. The summed E-state index contributed by atoms with van der Waals surface area (Å²) in [6.45, 7) is 7.35. The van der Waals surface area contributed by atoms with Crippen LogP contribution in [0.4, 0.5) is 0 Å². The Labute approximate surface area is 131 Å². The second-order valence-corrected chi connectivity index (χ2v) is 6.90. The molecule has 0 aromatic carbocycles. The first kappa shape index (κ1) is 16.7. The van der Waals surface area contributed by atoms with E-state index in [2.05, 4.69) is 10.3 Å². The Morgan fingerprint density at radius 3 is 2.36 bits per heavy atom. The molecule has 5 heteroatoms. The van der Waals surface area contributed by atoms with Crippen LogP contribution < -0.4 is 5.32 Å². The number of nitrogens with zero attached hydrogens (tertiary/aromatic N) is 1. The van der Waals surface area contributed by atoms with Crippen LogP contribution in [0.2, 0.25) is 0 Å². The molecule has 122 valence electrons. The van der Waals surface area contributed by atoms with Gasteiger partial charge in [-0.3, -0.25) is 9.79 Å².